The number of benzene rings is 1. The second kappa shape index (κ2) is 5.01. The van der Waals surface area contributed by atoms with Gasteiger partial charge < -0.3 is 4.42 Å². The van der Waals surface area contributed by atoms with Crippen LogP contribution in [0.5, 0.6) is 0 Å². The van der Waals surface area contributed by atoms with Crippen molar-refractivity contribution in [3.8, 4) is 0 Å². The SMILES string of the molecule is NNC(c1cnc2ccccc2c1)c1ccoc1Cl. The van der Waals surface area contributed by atoms with E-state index in [1.807, 2.05) is 30.3 Å². The number of rotatable bonds is 3. The normalized spacial score (nSPS) is 12.7. The molecule has 3 N–H and O–H groups in total. The third-order valence-electron chi connectivity index (χ3n) is 3.07. The monoisotopic (exact) mass is 273 g/mol. The van der Waals surface area contributed by atoms with Gasteiger partial charge >= 0.3 is 0 Å². The fourth-order valence-corrected chi connectivity index (χ4v) is 2.35. The summed E-state index contributed by atoms with van der Waals surface area (Å²) in [7, 11) is 0. The minimum Gasteiger partial charge on any atom is -0.453 e. The van der Waals surface area contributed by atoms with Crippen LogP contribution in [-0.4, -0.2) is 4.98 Å². The van der Waals surface area contributed by atoms with Gasteiger partial charge in [-0.1, -0.05) is 18.2 Å². The van der Waals surface area contributed by atoms with Crippen molar-refractivity contribution in [3.63, 3.8) is 0 Å². The molecule has 0 aliphatic heterocycles. The van der Waals surface area contributed by atoms with Gasteiger partial charge in [0.05, 0.1) is 17.8 Å². The molecule has 0 amide bonds. The number of hydrazine groups is 1. The second-order valence-electron chi connectivity index (χ2n) is 4.21. The summed E-state index contributed by atoms with van der Waals surface area (Å²) in [5, 5.41) is 1.39. The van der Waals surface area contributed by atoms with Gasteiger partial charge in [-0.3, -0.25) is 10.8 Å². The molecule has 0 bridgehead atoms. The fraction of sp³-hybridized carbons (Fsp3) is 0.0714. The molecule has 0 radical (unpaired) electrons. The first-order chi connectivity index (χ1) is 9.29. The van der Waals surface area contributed by atoms with Crippen molar-refractivity contribution in [1.29, 1.82) is 0 Å². The largest absolute Gasteiger partial charge is 0.453 e. The number of nitrogens with two attached hydrogens (primary N) is 1. The first-order valence-electron chi connectivity index (χ1n) is 5.83. The van der Waals surface area contributed by atoms with E-state index in [0.717, 1.165) is 22.0 Å². The molecule has 0 aliphatic carbocycles. The molecular formula is C14H12ClN3O. The van der Waals surface area contributed by atoms with Gasteiger partial charge in [0, 0.05) is 17.1 Å². The van der Waals surface area contributed by atoms with Crippen LogP contribution in [0.15, 0.2) is 53.3 Å². The van der Waals surface area contributed by atoms with E-state index in [1.165, 1.54) is 6.26 Å². The zero-order chi connectivity index (χ0) is 13.2. The van der Waals surface area contributed by atoms with Crippen LogP contribution in [0.4, 0.5) is 0 Å². The molecular weight excluding hydrogens is 262 g/mol. The van der Waals surface area contributed by atoms with Gasteiger partial charge in [0.15, 0.2) is 5.22 Å². The van der Waals surface area contributed by atoms with Gasteiger partial charge in [-0.05, 0) is 35.4 Å². The van der Waals surface area contributed by atoms with E-state index in [4.69, 9.17) is 21.9 Å². The smallest absolute Gasteiger partial charge is 0.198 e. The van der Waals surface area contributed by atoms with Crippen LogP contribution in [0.1, 0.15) is 17.2 Å². The van der Waals surface area contributed by atoms with Gasteiger partial charge in [0.2, 0.25) is 0 Å². The minimum absolute atomic E-state index is 0.247. The number of hydrogen-bond donors (Lipinski definition) is 2. The van der Waals surface area contributed by atoms with Crippen LogP contribution < -0.4 is 11.3 Å². The van der Waals surface area contributed by atoms with E-state index >= 15 is 0 Å². The maximum Gasteiger partial charge on any atom is 0.198 e. The van der Waals surface area contributed by atoms with Crippen LogP contribution in [0.3, 0.4) is 0 Å². The zero-order valence-electron chi connectivity index (χ0n) is 10.0. The number of fused-ring (bicyclic) bond motifs is 1. The number of pyridine rings is 1. The molecule has 0 saturated carbocycles. The third kappa shape index (κ3) is 2.21. The molecule has 1 aromatic carbocycles. The lowest BCUT2D eigenvalue weighted by molar-refractivity contribution is 0.555. The summed E-state index contributed by atoms with van der Waals surface area (Å²) in [6.45, 7) is 0. The summed E-state index contributed by atoms with van der Waals surface area (Å²) in [5.41, 5.74) is 5.41. The number of aromatic nitrogens is 1. The number of nitrogens with zero attached hydrogens (tertiary/aromatic N) is 1. The van der Waals surface area contributed by atoms with Crippen molar-refractivity contribution >= 4 is 22.5 Å². The first-order valence-corrected chi connectivity index (χ1v) is 6.21. The van der Waals surface area contributed by atoms with Crippen LogP contribution in [-0.2, 0) is 0 Å². The Morgan fingerprint density at radius 2 is 2.11 bits per heavy atom. The third-order valence-corrected chi connectivity index (χ3v) is 3.38. The number of furan rings is 1. The summed E-state index contributed by atoms with van der Waals surface area (Å²) in [6.07, 6.45) is 3.33. The van der Waals surface area contributed by atoms with Gasteiger partial charge in [0.25, 0.3) is 0 Å². The molecule has 1 unspecified atom stereocenters. The average molecular weight is 274 g/mol. The van der Waals surface area contributed by atoms with Crippen molar-refractivity contribution in [3.05, 3.63) is 65.2 Å². The summed E-state index contributed by atoms with van der Waals surface area (Å²) in [5.74, 6) is 5.63. The lowest BCUT2D eigenvalue weighted by Crippen LogP contribution is -2.28. The Morgan fingerprint density at radius 1 is 1.26 bits per heavy atom. The topological polar surface area (TPSA) is 64.1 Å². The summed E-state index contributed by atoms with van der Waals surface area (Å²) < 4.78 is 5.11. The molecule has 3 aromatic rings. The summed E-state index contributed by atoms with van der Waals surface area (Å²) >= 11 is 6.00. The Morgan fingerprint density at radius 3 is 2.84 bits per heavy atom. The molecule has 5 heteroatoms. The Kier molecular flexibility index (Phi) is 3.21. The van der Waals surface area contributed by atoms with Crippen molar-refractivity contribution in [2.75, 3.05) is 0 Å². The lowest BCUT2D eigenvalue weighted by atomic mass is 10.0. The van der Waals surface area contributed by atoms with E-state index < -0.39 is 0 Å². The first kappa shape index (κ1) is 12.2. The van der Waals surface area contributed by atoms with Crippen LogP contribution in [0.25, 0.3) is 10.9 Å². The van der Waals surface area contributed by atoms with E-state index in [1.54, 1.807) is 12.3 Å². The molecule has 19 heavy (non-hydrogen) atoms. The Bertz CT molecular complexity index is 710. The highest BCUT2D eigenvalue weighted by molar-refractivity contribution is 6.29. The minimum atomic E-state index is -0.247. The molecule has 2 aromatic heterocycles. The van der Waals surface area contributed by atoms with Crippen molar-refractivity contribution in [2.45, 2.75) is 6.04 Å². The Hall–Kier alpha value is -1.88. The maximum absolute atomic E-state index is 6.00. The highest BCUT2D eigenvalue weighted by atomic mass is 35.5. The van der Waals surface area contributed by atoms with E-state index in [0.29, 0.717) is 5.22 Å². The van der Waals surface area contributed by atoms with Crippen molar-refractivity contribution in [1.82, 2.24) is 10.4 Å². The maximum atomic E-state index is 6.00. The van der Waals surface area contributed by atoms with Gasteiger partial charge in [-0.15, -0.1) is 0 Å². The zero-order valence-corrected chi connectivity index (χ0v) is 10.8. The predicted molar refractivity (Wildman–Crippen MR) is 74.6 cm³/mol. The number of halogens is 1. The van der Waals surface area contributed by atoms with Gasteiger partial charge in [-0.25, -0.2) is 5.43 Å². The van der Waals surface area contributed by atoms with E-state index in [9.17, 15) is 0 Å². The average Bonchev–Trinajstić information content (AvgIpc) is 2.86. The van der Waals surface area contributed by atoms with Gasteiger partial charge in [0.1, 0.15) is 0 Å². The Labute approximate surface area is 115 Å². The van der Waals surface area contributed by atoms with Crippen molar-refractivity contribution < 1.29 is 4.42 Å². The quantitative estimate of drug-likeness (QED) is 0.569. The molecule has 2 heterocycles. The number of hydrogen-bond acceptors (Lipinski definition) is 4. The molecule has 3 rings (SSSR count). The van der Waals surface area contributed by atoms with Crippen LogP contribution in [0, 0.1) is 0 Å². The standard InChI is InChI=1S/C14H12ClN3O/c15-14-11(5-6-19-14)13(18-16)10-7-9-3-1-2-4-12(9)17-8-10/h1-8,13,18H,16H2. The van der Waals surface area contributed by atoms with E-state index in [2.05, 4.69) is 10.4 Å². The van der Waals surface area contributed by atoms with Crippen LogP contribution >= 0.6 is 11.6 Å². The van der Waals surface area contributed by atoms with Crippen LogP contribution in [0.2, 0.25) is 5.22 Å². The molecule has 1 atom stereocenters. The molecule has 4 nitrogen and oxygen atoms in total. The lowest BCUT2D eigenvalue weighted by Gasteiger charge is -2.15. The van der Waals surface area contributed by atoms with Gasteiger partial charge in [-0.2, -0.15) is 0 Å². The Balaban J connectivity index is 2.09. The van der Waals surface area contributed by atoms with Crippen molar-refractivity contribution in [2.24, 2.45) is 5.84 Å². The highest BCUT2D eigenvalue weighted by Crippen LogP contribution is 2.29. The molecule has 0 spiro atoms. The molecule has 96 valence electrons. The fourth-order valence-electron chi connectivity index (χ4n) is 2.12. The summed E-state index contributed by atoms with van der Waals surface area (Å²) in [6, 6.07) is 11.5. The molecule has 0 aliphatic rings. The summed E-state index contributed by atoms with van der Waals surface area (Å²) in [4.78, 5) is 4.42. The van der Waals surface area contributed by atoms with E-state index in [-0.39, 0.29) is 6.04 Å². The second-order valence-corrected chi connectivity index (χ2v) is 4.55. The highest BCUT2D eigenvalue weighted by Gasteiger charge is 2.18. The number of nitrogens with one attached hydrogen (secondary N) is 1. The predicted octanol–water partition coefficient (Wildman–Crippen LogP) is 3.03. The molecule has 0 saturated heterocycles. The number of para-hydroxylation sites is 1. The molecule has 0 fully saturated rings.